The third kappa shape index (κ3) is 5.35. The molecule has 1 aliphatic rings. The number of thiophene rings is 1. The van der Waals surface area contributed by atoms with Gasteiger partial charge in [0.05, 0.1) is 16.3 Å². The molecule has 3 aromatic carbocycles. The van der Waals surface area contributed by atoms with E-state index in [1.165, 1.54) is 28.0 Å². The Morgan fingerprint density at radius 1 is 0.951 bits per heavy atom. The van der Waals surface area contributed by atoms with Crippen LogP contribution in [-0.4, -0.2) is 38.1 Å². The van der Waals surface area contributed by atoms with Gasteiger partial charge in [0.1, 0.15) is 4.83 Å². The van der Waals surface area contributed by atoms with E-state index in [-0.39, 0.29) is 17.4 Å². The molecule has 1 fully saturated rings. The Labute approximate surface area is 250 Å². The minimum Gasteiger partial charge on any atom is -0.278 e. The third-order valence-electron chi connectivity index (χ3n) is 7.17. The van der Waals surface area contributed by atoms with Crippen LogP contribution in [0.4, 0.5) is 0 Å². The Morgan fingerprint density at radius 3 is 2.34 bits per heavy atom. The van der Waals surface area contributed by atoms with Crippen molar-refractivity contribution in [1.29, 1.82) is 0 Å². The Hall–Kier alpha value is -3.72. The summed E-state index contributed by atoms with van der Waals surface area (Å²) >= 11 is 8.75. The minimum atomic E-state index is -0.567. The summed E-state index contributed by atoms with van der Waals surface area (Å²) < 4.78 is 1.61. The molecule has 41 heavy (non-hydrogen) atoms. The molecule has 2 aromatic heterocycles. The highest BCUT2D eigenvalue weighted by Gasteiger charge is 2.34. The molecule has 0 bridgehead atoms. The number of nitrogens with zero attached hydrogens (tertiary/aromatic N) is 3. The first-order valence-corrected chi connectivity index (χ1v) is 15.4. The Balaban J connectivity index is 1.44. The van der Waals surface area contributed by atoms with Crippen molar-refractivity contribution in [1.82, 2.24) is 14.5 Å². The van der Waals surface area contributed by atoms with Crippen molar-refractivity contribution in [2.24, 2.45) is 0 Å². The maximum Gasteiger partial charge on any atom is 0.268 e. The second-order valence-corrected chi connectivity index (χ2v) is 12.7. The lowest BCUT2D eigenvalue weighted by Crippen LogP contribution is -2.41. The van der Waals surface area contributed by atoms with Crippen molar-refractivity contribution in [2.45, 2.75) is 36.6 Å². The second-order valence-electron chi connectivity index (χ2n) is 9.85. The van der Waals surface area contributed by atoms with E-state index in [4.69, 9.17) is 16.6 Å². The maximum absolute atomic E-state index is 14.3. The molecule has 0 saturated carbocycles. The van der Waals surface area contributed by atoms with Gasteiger partial charge in [0.25, 0.3) is 11.5 Å². The van der Waals surface area contributed by atoms with E-state index >= 15 is 0 Å². The van der Waals surface area contributed by atoms with Crippen LogP contribution in [-0.2, 0) is 4.79 Å². The number of amides is 2. The van der Waals surface area contributed by atoms with Gasteiger partial charge in [-0.2, -0.15) is 0 Å². The van der Waals surface area contributed by atoms with Gasteiger partial charge in [-0.1, -0.05) is 78.3 Å². The topological polar surface area (TPSA) is 72.3 Å². The van der Waals surface area contributed by atoms with Crippen LogP contribution in [0.5, 0.6) is 0 Å². The fraction of sp³-hybridized carbons (Fsp3) is 0.188. The Morgan fingerprint density at radius 2 is 1.63 bits per heavy atom. The van der Waals surface area contributed by atoms with E-state index in [0.717, 1.165) is 22.4 Å². The SMILES string of the molecule is Cc1sc2nc(S[C@@H]3CCCCN(C(=O)c4ccc(Cl)cc4)C3=O)n(-c3ccccc3)c(=O)c2c1-c1ccccc1. The van der Waals surface area contributed by atoms with E-state index in [9.17, 15) is 14.4 Å². The summed E-state index contributed by atoms with van der Waals surface area (Å²) in [7, 11) is 0. The molecular formula is C32H26ClN3O3S2. The van der Waals surface area contributed by atoms with Crippen LogP contribution in [0, 0.1) is 6.92 Å². The summed E-state index contributed by atoms with van der Waals surface area (Å²) in [6.07, 6.45) is 2.07. The number of benzene rings is 3. The number of carbonyl (C=O) groups is 2. The molecule has 6 nitrogen and oxygen atoms in total. The van der Waals surface area contributed by atoms with Gasteiger partial charge in [-0.25, -0.2) is 4.98 Å². The van der Waals surface area contributed by atoms with Crippen molar-refractivity contribution >= 4 is 56.7 Å². The molecule has 2 amide bonds. The van der Waals surface area contributed by atoms with Gasteiger partial charge in [-0.15, -0.1) is 11.3 Å². The normalized spacial score (nSPS) is 15.7. The maximum atomic E-state index is 14.3. The van der Waals surface area contributed by atoms with Crippen molar-refractivity contribution in [3.63, 3.8) is 0 Å². The van der Waals surface area contributed by atoms with Crippen molar-refractivity contribution in [3.8, 4) is 16.8 Å². The first kappa shape index (κ1) is 27.4. The first-order chi connectivity index (χ1) is 19.9. The number of carbonyl (C=O) groups excluding carboxylic acids is 2. The lowest BCUT2D eigenvalue weighted by molar-refractivity contribution is -0.127. The number of imide groups is 1. The Bertz CT molecular complexity index is 1800. The highest BCUT2D eigenvalue weighted by atomic mass is 35.5. The van der Waals surface area contributed by atoms with Crippen molar-refractivity contribution in [2.75, 3.05) is 6.54 Å². The smallest absolute Gasteiger partial charge is 0.268 e. The van der Waals surface area contributed by atoms with E-state index in [1.807, 2.05) is 67.6 Å². The second kappa shape index (κ2) is 11.6. The predicted octanol–water partition coefficient (Wildman–Crippen LogP) is 7.39. The number of hydrogen-bond donors (Lipinski definition) is 0. The lowest BCUT2D eigenvalue weighted by atomic mass is 10.0. The number of aromatic nitrogens is 2. The standard InChI is InChI=1S/C32H26ClN3O3S2/c1-20-26(21-10-4-2-5-11-21)27-28(40-20)34-32(36(31(27)39)24-12-6-3-7-13-24)41-25-14-8-9-19-35(30(25)38)29(37)22-15-17-23(33)18-16-22/h2-7,10-13,15-18,25H,8-9,14,19H2,1H3/t25-/m1/s1. The number of aryl methyl sites for hydroxylation is 1. The monoisotopic (exact) mass is 599 g/mol. The number of halogens is 1. The zero-order chi connectivity index (χ0) is 28.5. The molecule has 3 heterocycles. The van der Waals surface area contributed by atoms with E-state index in [0.29, 0.717) is 51.0 Å². The molecule has 1 saturated heterocycles. The molecule has 9 heteroatoms. The van der Waals surface area contributed by atoms with Crippen LogP contribution in [0.2, 0.25) is 5.02 Å². The van der Waals surface area contributed by atoms with Gasteiger partial charge in [0.2, 0.25) is 5.91 Å². The number of likely N-dealkylation sites (tertiary alicyclic amines) is 1. The molecule has 1 aliphatic heterocycles. The molecule has 6 rings (SSSR count). The minimum absolute atomic E-state index is 0.179. The highest BCUT2D eigenvalue weighted by molar-refractivity contribution is 8.00. The van der Waals surface area contributed by atoms with Crippen LogP contribution in [0.25, 0.3) is 27.0 Å². The van der Waals surface area contributed by atoms with Crippen LogP contribution < -0.4 is 5.56 Å². The average molecular weight is 600 g/mol. The third-order valence-corrected chi connectivity index (χ3v) is 9.63. The number of para-hydroxylation sites is 1. The molecule has 1 atom stereocenters. The van der Waals surface area contributed by atoms with Crippen LogP contribution in [0.3, 0.4) is 0 Å². The van der Waals surface area contributed by atoms with Crippen LogP contribution in [0.15, 0.2) is 94.9 Å². The van der Waals surface area contributed by atoms with Gasteiger partial charge in [-0.3, -0.25) is 23.9 Å². The van der Waals surface area contributed by atoms with Crippen LogP contribution in [0.1, 0.15) is 34.5 Å². The van der Waals surface area contributed by atoms with Gasteiger partial charge >= 0.3 is 0 Å². The summed E-state index contributed by atoms with van der Waals surface area (Å²) in [5.41, 5.74) is 2.76. The summed E-state index contributed by atoms with van der Waals surface area (Å²) in [6.45, 7) is 2.35. The molecule has 0 spiro atoms. The summed E-state index contributed by atoms with van der Waals surface area (Å²) in [5, 5.41) is 0.965. The molecule has 5 aromatic rings. The van der Waals surface area contributed by atoms with Crippen molar-refractivity contribution < 1.29 is 9.59 Å². The van der Waals surface area contributed by atoms with Gasteiger partial charge in [-0.05, 0) is 61.7 Å². The van der Waals surface area contributed by atoms with E-state index in [2.05, 4.69) is 0 Å². The average Bonchev–Trinajstić information content (AvgIpc) is 3.22. The molecule has 206 valence electrons. The number of hydrogen-bond acceptors (Lipinski definition) is 6. The fourth-order valence-corrected chi connectivity index (χ4v) is 7.60. The quantitative estimate of drug-likeness (QED) is 0.156. The molecular weight excluding hydrogens is 574 g/mol. The molecule has 0 unspecified atom stereocenters. The van der Waals surface area contributed by atoms with Gasteiger partial charge < -0.3 is 0 Å². The zero-order valence-electron chi connectivity index (χ0n) is 22.2. The van der Waals surface area contributed by atoms with E-state index in [1.54, 1.807) is 28.8 Å². The predicted molar refractivity (Wildman–Crippen MR) is 166 cm³/mol. The first-order valence-electron chi connectivity index (χ1n) is 13.4. The summed E-state index contributed by atoms with van der Waals surface area (Å²) in [6, 6.07) is 25.8. The molecule has 0 N–H and O–H groups in total. The zero-order valence-corrected chi connectivity index (χ0v) is 24.6. The number of thioether (sulfide) groups is 1. The number of fused-ring (bicyclic) bond motifs is 1. The number of rotatable bonds is 5. The van der Waals surface area contributed by atoms with Crippen LogP contribution >= 0.6 is 34.7 Å². The summed E-state index contributed by atoms with van der Waals surface area (Å²) in [4.78, 5) is 49.4. The largest absolute Gasteiger partial charge is 0.278 e. The fourth-order valence-electron chi connectivity index (χ4n) is 5.17. The molecule has 0 radical (unpaired) electrons. The Kier molecular flexibility index (Phi) is 7.79. The summed E-state index contributed by atoms with van der Waals surface area (Å²) in [5.74, 6) is -0.613. The van der Waals surface area contributed by atoms with Gasteiger partial charge in [0.15, 0.2) is 5.16 Å². The molecule has 0 aliphatic carbocycles. The highest BCUT2D eigenvalue weighted by Crippen LogP contribution is 2.38. The van der Waals surface area contributed by atoms with E-state index < -0.39 is 5.25 Å². The van der Waals surface area contributed by atoms with Gasteiger partial charge in [0, 0.05) is 27.6 Å². The lowest BCUT2D eigenvalue weighted by Gasteiger charge is -2.23. The van der Waals surface area contributed by atoms with Crippen molar-refractivity contribution in [3.05, 3.63) is 111 Å².